The van der Waals surface area contributed by atoms with Gasteiger partial charge < -0.3 is 18.9 Å². The molecule has 38 heavy (non-hydrogen) atoms. The Labute approximate surface area is 229 Å². The summed E-state index contributed by atoms with van der Waals surface area (Å²) in [7, 11) is 0. The van der Waals surface area contributed by atoms with Gasteiger partial charge in [0.05, 0.1) is 23.3 Å². The minimum Gasteiger partial charge on any atom is -0.490 e. The first-order chi connectivity index (χ1) is 18.3. The molecule has 0 spiro atoms. The maximum atomic E-state index is 12.4. The zero-order chi connectivity index (χ0) is 27.9. The van der Waals surface area contributed by atoms with E-state index in [-0.39, 0.29) is 24.1 Å². The van der Waals surface area contributed by atoms with E-state index in [0.717, 1.165) is 38.5 Å². The summed E-state index contributed by atoms with van der Waals surface area (Å²) < 4.78 is 22.7. The first kappa shape index (κ1) is 31.2. The van der Waals surface area contributed by atoms with Gasteiger partial charge in [-0.3, -0.25) is 0 Å². The zero-order valence-corrected chi connectivity index (χ0v) is 24.0. The second kappa shape index (κ2) is 16.7. The number of hydrogen-bond donors (Lipinski definition) is 0. The first-order valence-electron chi connectivity index (χ1n) is 14.2. The monoisotopic (exact) mass is 526 g/mol. The topological polar surface area (TPSA) is 71.1 Å². The summed E-state index contributed by atoms with van der Waals surface area (Å²) in [6.45, 7) is 13.2. The zero-order valence-electron chi connectivity index (χ0n) is 24.0. The van der Waals surface area contributed by atoms with Crippen LogP contribution in [0.4, 0.5) is 0 Å². The van der Waals surface area contributed by atoms with E-state index in [1.54, 1.807) is 48.5 Å². The number of carbonyl (C=O) groups is 2. The predicted molar refractivity (Wildman–Crippen MR) is 151 cm³/mol. The van der Waals surface area contributed by atoms with Crippen LogP contribution in [0.5, 0.6) is 11.5 Å². The molecule has 0 amide bonds. The largest absolute Gasteiger partial charge is 0.490 e. The highest BCUT2D eigenvalue weighted by Gasteiger charge is 2.17. The second-order valence-electron chi connectivity index (χ2n) is 10.0. The molecule has 0 aliphatic carbocycles. The van der Waals surface area contributed by atoms with Gasteiger partial charge in [0.25, 0.3) is 0 Å². The van der Waals surface area contributed by atoms with Gasteiger partial charge in [-0.1, -0.05) is 53.4 Å². The summed E-state index contributed by atoms with van der Waals surface area (Å²) >= 11 is 0. The highest BCUT2D eigenvalue weighted by Crippen LogP contribution is 2.20. The third kappa shape index (κ3) is 10.8. The van der Waals surface area contributed by atoms with Crippen LogP contribution in [0.2, 0.25) is 0 Å². The molecule has 210 valence electrons. The van der Waals surface area contributed by atoms with E-state index in [1.165, 1.54) is 0 Å². The smallest absolute Gasteiger partial charge is 0.338 e. The van der Waals surface area contributed by atoms with Gasteiger partial charge in [0.1, 0.15) is 24.7 Å². The van der Waals surface area contributed by atoms with Crippen molar-refractivity contribution in [3.8, 4) is 11.5 Å². The molecule has 0 saturated carbocycles. The lowest BCUT2D eigenvalue weighted by Gasteiger charge is -2.19. The van der Waals surface area contributed by atoms with Crippen molar-refractivity contribution in [3.63, 3.8) is 0 Å². The van der Waals surface area contributed by atoms with Crippen LogP contribution < -0.4 is 9.47 Å². The van der Waals surface area contributed by atoms with Crippen molar-refractivity contribution in [2.75, 3.05) is 13.2 Å². The number of carbonyl (C=O) groups excluding carboxylic acids is 2. The number of esters is 2. The summed E-state index contributed by atoms with van der Waals surface area (Å²) in [5.41, 5.74) is 1.02. The molecule has 2 rings (SSSR count). The van der Waals surface area contributed by atoms with Crippen LogP contribution in [0.25, 0.3) is 0 Å². The number of hydrogen-bond acceptors (Lipinski definition) is 6. The fourth-order valence-corrected chi connectivity index (χ4v) is 4.47. The molecule has 0 fully saturated rings. The number of rotatable bonds is 17. The van der Waals surface area contributed by atoms with Crippen LogP contribution in [0.3, 0.4) is 0 Å². The summed E-state index contributed by atoms with van der Waals surface area (Å²) in [6, 6.07) is 13.9. The molecule has 2 aromatic carbocycles. The number of ether oxygens (including phenoxy) is 4. The fraction of sp³-hybridized carbons (Fsp3) is 0.562. The summed E-state index contributed by atoms with van der Waals surface area (Å²) in [5.74, 6) is 1.82. The van der Waals surface area contributed by atoms with Crippen LogP contribution >= 0.6 is 0 Å². The Hall–Kier alpha value is -3.02. The fourth-order valence-electron chi connectivity index (χ4n) is 4.47. The van der Waals surface area contributed by atoms with Crippen molar-refractivity contribution in [3.05, 3.63) is 59.7 Å². The summed E-state index contributed by atoms with van der Waals surface area (Å²) in [4.78, 5) is 24.8. The second-order valence-corrected chi connectivity index (χ2v) is 10.0. The Balaban J connectivity index is 1.72. The Bertz CT molecular complexity index is 865. The predicted octanol–water partition coefficient (Wildman–Crippen LogP) is 7.89. The van der Waals surface area contributed by atoms with Crippen molar-refractivity contribution < 1.29 is 28.5 Å². The van der Waals surface area contributed by atoms with Crippen molar-refractivity contribution >= 4 is 11.9 Å². The molecule has 0 saturated heterocycles. The quantitative estimate of drug-likeness (QED) is 0.154. The molecule has 0 N–H and O–H groups in total. The van der Waals surface area contributed by atoms with Gasteiger partial charge in [0.2, 0.25) is 0 Å². The molecule has 0 bridgehead atoms. The molecular weight excluding hydrogens is 480 g/mol. The van der Waals surface area contributed by atoms with Crippen molar-refractivity contribution in [1.82, 2.24) is 0 Å². The normalized spacial score (nSPS) is 12.7. The van der Waals surface area contributed by atoms with Gasteiger partial charge in [0.15, 0.2) is 0 Å². The van der Waals surface area contributed by atoms with E-state index in [4.69, 9.17) is 18.9 Å². The van der Waals surface area contributed by atoms with Crippen molar-refractivity contribution in [2.45, 2.75) is 92.3 Å². The molecule has 6 nitrogen and oxygen atoms in total. The lowest BCUT2D eigenvalue weighted by atomic mass is 9.97. The van der Waals surface area contributed by atoms with E-state index < -0.39 is 0 Å². The third-order valence-corrected chi connectivity index (χ3v) is 7.06. The SMILES string of the molecule is CCC(CC)C[C@@H](C)OC(=O)c1ccc(OCCOc2ccc(C(=O)O[C@H](C)CC(CC)CC)cc2)cc1. The Morgan fingerprint density at radius 1 is 0.579 bits per heavy atom. The molecule has 0 heterocycles. The van der Waals surface area contributed by atoms with Gasteiger partial charge in [-0.2, -0.15) is 0 Å². The minimum atomic E-state index is -0.314. The van der Waals surface area contributed by atoms with Crippen molar-refractivity contribution in [1.29, 1.82) is 0 Å². The molecule has 0 radical (unpaired) electrons. The third-order valence-electron chi connectivity index (χ3n) is 7.06. The average Bonchev–Trinajstić information content (AvgIpc) is 2.93. The first-order valence-corrected chi connectivity index (χ1v) is 14.2. The Kier molecular flexibility index (Phi) is 13.7. The van der Waals surface area contributed by atoms with E-state index in [9.17, 15) is 9.59 Å². The highest BCUT2D eigenvalue weighted by molar-refractivity contribution is 5.90. The standard InChI is InChI=1S/C32H46O6/c1-7-25(8-2)21-23(5)37-31(33)27-11-15-29(16-12-27)35-19-20-36-30-17-13-28(14-18-30)32(34)38-24(6)22-26(9-3)10-4/h11-18,23-26H,7-10,19-22H2,1-6H3/t23-,24-/m1/s1. The summed E-state index contributed by atoms with van der Waals surface area (Å²) in [5, 5.41) is 0. The van der Waals surface area contributed by atoms with Gasteiger partial charge in [-0.15, -0.1) is 0 Å². The van der Waals surface area contributed by atoms with Crippen LogP contribution in [0, 0.1) is 11.8 Å². The molecule has 0 aliphatic rings. The molecule has 6 heteroatoms. The van der Waals surface area contributed by atoms with Gasteiger partial charge in [0, 0.05) is 0 Å². The van der Waals surface area contributed by atoms with Crippen LogP contribution in [0.1, 0.15) is 101 Å². The molecule has 0 aromatic heterocycles. The van der Waals surface area contributed by atoms with Gasteiger partial charge in [-0.25, -0.2) is 9.59 Å². The van der Waals surface area contributed by atoms with Gasteiger partial charge >= 0.3 is 11.9 Å². The molecule has 0 unspecified atom stereocenters. The Morgan fingerprint density at radius 2 is 0.895 bits per heavy atom. The van der Waals surface area contributed by atoms with Crippen molar-refractivity contribution in [2.24, 2.45) is 11.8 Å². The maximum Gasteiger partial charge on any atom is 0.338 e. The van der Waals surface area contributed by atoms with Crippen LogP contribution in [0.15, 0.2) is 48.5 Å². The van der Waals surface area contributed by atoms with Gasteiger partial charge in [-0.05, 0) is 87.1 Å². The molecular formula is C32H46O6. The van der Waals surface area contributed by atoms with E-state index in [1.807, 2.05) is 13.8 Å². The van der Waals surface area contributed by atoms with Crippen LogP contribution in [-0.2, 0) is 9.47 Å². The number of benzene rings is 2. The van der Waals surface area contributed by atoms with E-state index >= 15 is 0 Å². The maximum absolute atomic E-state index is 12.4. The summed E-state index contributed by atoms with van der Waals surface area (Å²) in [6.07, 6.45) is 5.90. The van der Waals surface area contributed by atoms with Crippen LogP contribution in [-0.4, -0.2) is 37.4 Å². The molecule has 2 aromatic rings. The average molecular weight is 527 g/mol. The molecule has 0 aliphatic heterocycles. The minimum absolute atomic E-state index is 0.108. The lowest BCUT2D eigenvalue weighted by Crippen LogP contribution is -2.18. The lowest BCUT2D eigenvalue weighted by molar-refractivity contribution is 0.0275. The van der Waals surface area contributed by atoms with E-state index in [2.05, 4.69) is 27.7 Å². The van der Waals surface area contributed by atoms with E-state index in [0.29, 0.717) is 47.7 Å². The Morgan fingerprint density at radius 3 is 1.18 bits per heavy atom. The molecule has 2 atom stereocenters. The highest BCUT2D eigenvalue weighted by atomic mass is 16.5.